The summed E-state index contributed by atoms with van der Waals surface area (Å²) in [6, 6.07) is 7.74. The molecule has 1 aromatic rings. The van der Waals surface area contributed by atoms with Crippen LogP contribution in [0.15, 0.2) is 24.3 Å². The average Bonchev–Trinajstić information content (AvgIpc) is 2.59. The van der Waals surface area contributed by atoms with Crippen molar-refractivity contribution in [2.45, 2.75) is 12.8 Å². The van der Waals surface area contributed by atoms with Crippen LogP contribution in [0.4, 0.5) is 4.79 Å². The predicted molar refractivity (Wildman–Crippen MR) is 81.9 cm³/mol. The van der Waals surface area contributed by atoms with Crippen LogP contribution in [0, 0.1) is 0 Å². The van der Waals surface area contributed by atoms with Crippen LogP contribution in [-0.2, 0) is 16.0 Å². The quantitative estimate of drug-likeness (QED) is 0.846. The van der Waals surface area contributed by atoms with Gasteiger partial charge in [-0.3, -0.25) is 4.79 Å². The average molecular weight is 306 g/mol. The van der Waals surface area contributed by atoms with Crippen LogP contribution in [0.25, 0.3) is 0 Å². The van der Waals surface area contributed by atoms with E-state index >= 15 is 0 Å². The standard InChI is InChI=1S/C16H22N2O4/c1-21-14-6-3-13(4-7-14)5-8-15(19)17-9-11-18(12-10-17)16(20)22-2/h3-4,6-7H,5,8-12H2,1-2H3. The normalized spacial score (nSPS) is 14.6. The largest absolute Gasteiger partial charge is 0.497 e. The number of hydrogen-bond acceptors (Lipinski definition) is 4. The van der Waals surface area contributed by atoms with Gasteiger partial charge in [-0.15, -0.1) is 0 Å². The van der Waals surface area contributed by atoms with Crippen LogP contribution in [0.5, 0.6) is 5.75 Å². The van der Waals surface area contributed by atoms with Crippen molar-refractivity contribution in [3.05, 3.63) is 29.8 Å². The molecule has 0 aliphatic carbocycles. The van der Waals surface area contributed by atoms with E-state index in [1.807, 2.05) is 29.2 Å². The number of carbonyl (C=O) groups excluding carboxylic acids is 2. The summed E-state index contributed by atoms with van der Waals surface area (Å²) in [7, 11) is 3.00. The molecule has 0 bridgehead atoms. The highest BCUT2D eigenvalue weighted by Gasteiger charge is 2.24. The third-order valence-electron chi connectivity index (χ3n) is 3.85. The van der Waals surface area contributed by atoms with Gasteiger partial charge in [0.25, 0.3) is 0 Å². The first-order valence-corrected chi connectivity index (χ1v) is 7.37. The fraction of sp³-hybridized carbons (Fsp3) is 0.500. The first-order chi connectivity index (χ1) is 10.6. The van der Waals surface area contributed by atoms with E-state index in [9.17, 15) is 9.59 Å². The van der Waals surface area contributed by atoms with E-state index in [0.717, 1.165) is 11.3 Å². The van der Waals surface area contributed by atoms with Gasteiger partial charge in [-0.25, -0.2) is 4.79 Å². The number of ether oxygens (including phenoxy) is 2. The molecule has 1 aliphatic heterocycles. The van der Waals surface area contributed by atoms with Gasteiger partial charge in [0.05, 0.1) is 14.2 Å². The lowest BCUT2D eigenvalue weighted by molar-refractivity contribution is -0.132. The Morgan fingerprint density at radius 2 is 1.59 bits per heavy atom. The van der Waals surface area contributed by atoms with Crippen molar-refractivity contribution in [3.8, 4) is 5.75 Å². The van der Waals surface area contributed by atoms with Gasteiger partial charge in [-0.2, -0.15) is 0 Å². The fourth-order valence-corrected chi connectivity index (χ4v) is 2.47. The van der Waals surface area contributed by atoms with Gasteiger partial charge in [0.1, 0.15) is 5.75 Å². The lowest BCUT2D eigenvalue weighted by Gasteiger charge is -2.33. The molecule has 0 aromatic heterocycles. The van der Waals surface area contributed by atoms with Crippen LogP contribution < -0.4 is 4.74 Å². The lowest BCUT2D eigenvalue weighted by Crippen LogP contribution is -2.50. The zero-order valence-corrected chi connectivity index (χ0v) is 13.1. The molecule has 1 aromatic carbocycles. The van der Waals surface area contributed by atoms with Crippen LogP contribution in [-0.4, -0.2) is 62.2 Å². The maximum Gasteiger partial charge on any atom is 0.409 e. The van der Waals surface area contributed by atoms with Gasteiger partial charge < -0.3 is 19.3 Å². The van der Waals surface area contributed by atoms with Gasteiger partial charge >= 0.3 is 6.09 Å². The molecule has 0 unspecified atom stereocenters. The second kappa shape index (κ2) is 7.68. The minimum atomic E-state index is -0.328. The Balaban J connectivity index is 1.77. The molecule has 0 spiro atoms. The van der Waals surface area contributed by atoms with Crippen LogP contribution >= 0.6 is 0 Å². The molecule has 6 heteroatoms. The molecule has 1 heterocycles. The van der Waals surface area contributed by atoms with Crippen LogP contribution in [0.1, 0.15) is 12.0 Å². The van der Waals surface area contributed by atoms with Gasteiger partial charge in [0.15, 0.2) is 0 Å². The highest BCUT2D eigenvalue weighted by molar-refractivity contribution is 5.77. The van der Waals surface area contributed by atoms with Crippen molar-refractivity contribution in [2.24, 2.45) is 0 Å². The first-order valence-electron chi connectivity index (χ1n) is 7.37. The molecule has 6 nitrogen and oxygen atoms in total. The Morgan fingerprint density at radius 1 is 1.00 bits per heavy atom. The van der Waals surface area contributed by atoms with Crippen molar-refractivity contribution in [2.75, 3.05) is 40.4 Å². The maximum atomic E-state index is 12.2. The Labute approximate surface area is 130 Å². The summed E-state index contributed by atoms with van der Waals surface area (Å²) in [6.07, 6.45) is 0.857. The van der Waals surface area contributed by atoms with Crippen LogP contribution in [0.3, 0.4) is 0 Å². The summed E-state index contributed by atoms with van der Waals surface area (Å²) in [5.74, 6) is 0.939. The highest BCUT2D eigenvalue weighted by Crippen LogP contribution is 2.13. The van der Waals surface area contributed by atoms with E-state index in [4.69, 9.17) is 4.74 Å². The topological polar surface area (TPSA) is 59.1 Å². The van der Waals surface area contributed by atoms with E-state index in [1.54, 1.807) is 12.0 Å². The zero-order chi connectivity index (χ0) is 15.9. The molecular weight excluding hydrogens is 284 g/mol. The van der Waals surface area contributed by atoms with Gasteiger partial charge in [-0.05, 0) is 24.1 Å². The van der Waals surface area contributed by atoms with Crippen LogP contribution in [0.2, 0.25) is 0 Å². The van der Waals surface area contributed by atoms with Crippen molar-refractivity contribution < 1.29 is 19.1 Å². The van der Waals surface area contributed by atoms with E-state index in [2.05, 4.69) is 4.74 Å². The Morgan fingerprint density at radius 3 is 2.14 bits per heavy atom. The molecule has 1 aliphatic rings. The van der Waals surface area contributed by atoms with Crippen molar-refractivity contribution in [1.82, 2.24) is 9.80 Å². The Bertz CT molecular complexity index is 507. The molecule has 22 heavy (non-hydrogen) atoms. The SMILES string of the molecule is COC(=O)N1CCN(C(=O)CCc2ccc(OC)cc2)CC1. The summed E-state index contributed by atoms with van der Waals surface area (Å²) in [4.78, 5) is 27.0. The smallest absolute Gasteiger partial charge is 0.409 e. The number of carbonyl (C=O) groups is 2. The van der Waals surface area contributed by atoms with E-state index in [1.165, 1.54) is 7.11 Å². The lowest BCUT2D eigenvalue weighted by atomic mass is 10.1. The second-order valence-electron chi connectivity index (χ2n) is 5.19. The third-order valence-corrected chi connectivity index (χ3v) is 3.85. The molecule has 1 saturated heterocycles. The first kappa shape index (κ1) is 16.1. The molecular formula is C16H22N2O4. The molecule has 0 radical (unpaired) electrons. The van der Waals surface area contributed by atoms with E-state index < -0.39 is 0 Å². The molecule has 2 rings (SSSR count). The molecule has 120 valence electrons. The molecule has 0 atom stereocenters. The van der Waals surface area contributed by atoms with Crippen molar-refractivity contribution >= 4 is 12.0 Å². The van der Waals surface area contributed by atoms with Gasteiger partial charge in [0, 0.05) is 32.6 Å². The van der Waals surface area contributed by atoms with E-state index in [0.29, 0.717) is 39.0 Å². The summed E-state index contributed by atoms with van der Waals surface area (Å²) >= 11 is 0. The highest BCUT2D eigenvalue weighted by atomic mass is 16.5. The zero-order valence-electron chi connectivity index (χ0n) is 13.1. The maximum absolute atomic E-state index is 12.2. The summed E-state index contributed by atoms with van der Waals surface area (Å²) in [6.45, 7) is 2.19. The minimum absolute atomic E-state index is 0.125. The molecule has 0 saturated carbocycles. The predicted octanol–water partition coefficient (Wildman–Crippen LogP) is 1.54. The monoisotopic (exact) mass is 306 g/mol. The van der Waals surface area contributed by atoms with Crippen molar-refractivity contribution in [1.29, 1.82) is 0 Å². The number of rotatable bonds is 4. The molecule has 0 N–H and O–H groups in total. The summed E-state index contributed by atoms with van der Waals surface area (Å²) < 4.78 is 9.79. The van der Waals surface area contributed by atoms with Gasteiger partial charge in [-0.1, -0.05) is 12.1 Å². The number of piperazine rings is 1. The van der Waals surface area contributed by atoms with Crippen molar-refractivity contribution in [3.63, 3.8) is 0 Å². The molecule has 2 amide bonds. The third kappa shape index (κ3) is 4.13. The Hall–Kier alpha value is -2.24. The number of methoxy groups -OCH3 is 2. The summed E-state index contributed by atoms with van der Waals surface area (Å²) in [5.41, 5.74) is 1.11. The minimum Gasteiger partial charge on any atom is -0.497 e. The number of amides is 2. The number of hydrogen-bond donors (Lipinski definition) is 0. The number of nitrogens with zero attached hydrogens (tertiary/aromatic N) is 2. The number of aryl methyl sites for hydroxylation is 1. The fourth-order valence-electron chi connectivity index (χ4n) is 2.47. The summed E-state index contributed by atoms with van der Waals surface area (Å²) in [5, 5.41) is 0. The van der Waals surface area contributed by atoms with E-state index in [-0.39, 0.29) is 12.0 Å². The molecule has 1 fully saturated rings. The number of benzene rings is 1. The second-order valence-corrected chi connectivity index (χ2v) is 5.19. The Kier molecular flexibility index (Phi) is 5.63. The van der Waals surface area contributed by atoms with Gasteiger partial charge in [0.2, 0.25) is 5.91 Å².